The third-order valence-electron chi connectivity index (χ3n) is 11.9. The van der Waals surface area contributed by atoms with Gasteiger partial charge in [-0.1, -0.05) is 36.5 Å². The molecule has 7 unspecified atom stereocenters. The fraction of sp³-hybridized carbons (Fsp3) is 0.697. The molecule has 6 aliphatic carbocycles. The van der Waals surface area contributed by atoms with Gasteiger partial charge in [0, 0.05) is 5.16 Å². The Balaban J connectivity index is 1.39. The molecule has 2 aliphatic heterocycles. The fourth-order valence-corrected chi connectivity index (χ4v) is 12.1. The predicted molar refractivity (Wildman–Crippen MR) is 164 cm³/mol. The van der Waals surface area contributed by atoms with Crippen LogP contribution in [0.1, 0.15) is 64.2 Å². The van der Waals surface area contributed by atoms with Gasteiger partial charge in [0.05, 0.1) is 0 Å². The molecular weight excluding hydrogens is 486 g/mol. The molecule has 6 fully saturated rings. The van der Waals surface area contributed by atoms with Crippen molar-refractivity contribution in [2.45, 2.75) is 69.4 Å². The van der Waals surface area contributed by atoms with Gasteiger partial charge in [0.25, 0.3) is 0 Å². The van der Waals surface area contributed by atoms with Crippen LogP contribution in [0.2, 0.25) is 0 Å². The zero-order valence-electron chi connectivity index (χ0n) is 22.7. The molecule has 200 valence electrons. The number of nitrogens with one attached hydrogen (secondary N) is 2. The van der Waals surface area contributed by atoms with Crippen molar-refractivity contribution in [1.29, 1.82) is 0 Å². The van der Waals surface area contributed by atoms with Gasteiger partial charge in [-0.05, 0) is 160 Å². The molecule has 2 nitrogen and oxygen atoms in total. The Morgan fingerprint density at radius 3 is 2.19 bits per heavy atom. The molecule has 8 aliphatic rings. The number of allylic oxidation sites excluding steroid dienone is 10. The largest absolute Gasteiger partial charge is 0.316 e. The summed E-state index contributed by atoms with van der Waals surface area (Å²) in [4.78, 5) is 0. The molecule has 2 heterocycles. The number of piperidine rings is 2. The quantitative estimate of drug-likeness (QED) is 0.389. The summed E-state index contributed by atoms with van der Waals surface area (Å²) in [7, 11) is 6.82. The van der Waals surface area contributed by atoms with E-state index in [4.69, 9.17) is 0 Å². The van der Waals surface area contributed by atoms with Gasteiger partial charge >= 0.3 is 0 Å². The molecule has 4 heteroatoms. The van der Waals surface area contributed by atoms with Gasteiger partial charge in [-0.15, -0.1) is 18.5 Å². The average Bonchev–Trinajstić information content (AvgIpc) is 3.41. The van der Waals surface area contributed by atoms with E-state index in [1.165, 1.54) is 101 Å². The van der Waals surface area contributed by atoms with Crippen LogP contribution < -0.4 is 10.6 Å². The topological polar surface area (TPSA) is 24.1 Å². The normalized spacial score (nSPS) is 44.6. The van der Waals surface area contributed by atoms with E-state index in [-0.39, 0.29) is 5.16 Å². The molecule has 0 aromatic rings. The Kier molecular flexibility index (Phi) is 6.98. The van der Waals surface area contributed by atoms with E-state index in [0.717, 1.165) is 30.1 Å². The van der Waals surface area contributed by atoms with Gasteiger partial charge < -0.3 is 10.6 Å². The summed E-state index contributed by atoms with van der Waals surface area (Å²) in [6.45, 7) is 4.73. The highest BCUT2D eigenvalue weighted by Crippen LogP contribution is 2.69. The second kappa shape index (κ2) is 10.1. The minimum atomic E-state index is 0.151. The zero-order valence-corrected chi connectivity index (χ0v) is 25.0. The van der Waals surface area contributed by atoms with E-state index in [1.807, 2.05) is 0 Å². The van der Waals surface area contributed by atoms with E-state index in [1.54, 1.807) is 11.1 Å². The Labute approximate surface area is 230 Å². The minimum Gasteiger partial charge on any atom is -0.316 e. The Bertz CT molecular complexity index is 1020. The van der Waals surface area contributed by atoms with Crippen molar-refractivity contribution in [2.24, 2.45) is 40.9 Å². The van der Waals surface area contributed by atoms with Crippen LogP contribution in [0, 0.1) is 40.9 Å². The van der Waals surface area contributed by atoms with Crippen LogP contribution in [0.3, 0.4) is 0 Å². The van der Waals surface area contributed by atoms with Crippen LogP contribution in [-0.4, -0.2) is 37.5 Å². The first-order valence-corrected chi connectivity index (χ1v) is 16.9. The molecule has 8 rings (SSSR count). The minimum absolute atomic E-state index is 0.151. The van der Waals surface area contributed by atoms with Crippen molar-refractivity contribution in [3.63, 3.8) is 0 Å². The molecule has 0 amide bonds. The summed E-state index contributed by atoms with van der Waals surface area (Å²) in [6.07, 6.45) is 29.9. The van der Waals surface area contributed by atoms with E-state index < -0.39 is 0 Å². The molecule has 0 aromatic carbocycles. The summed E-state index contributed by atoms with van der Waals surface area (Å²) in [5, 5.41) is 7.81. The summed E-state index contributed by atoms with van der Waals surface area (Å²) < 4.78 is 0. The maximum atomic E-state index is 3.83. The van der Waals surface area contributed by atoms with Crippen molar-refractivity contribution in [1.82, 2.24) is 10.6 Å². The van der Waals surface area contributed by atoms with E-state index in [9.17, 15) is 0 Å². The van der Waals surface area contributed by atoms with Crippen molar-refractivity contribution in [3.8, 4) is 0 Å². The second-order valence-corrected chi connectivity index (χ2v) is 15.1. The highest BCUT2D eigenvalue weighted by molar-refractivity contribution is 7.19. The third kappa shape index (κ3) is 4.19. The smallest absolute Gasteiger partial charge is 0.0181 e. The van der Waals surface area contributed by atoms with Gasteiger partial charge in [-0.25, -0.2) is 0 Å². The van der Waals surface area contributed by atoms with Gasteiger partial charge in [0.2, 0.25) is 0 Å². The van der Waals surface area contributed by atoms with Gasteiger partial charge in [0.15, 0.2) is 0 Å². The summed E-state index contributed by atoms with van der Waals surface area (Å²) in [5.41, 5.74) is 7.00. The van der Waals surface area contributed by atoms with Crippen LogP contribution >= 0.6 is 18.5 Å². The van der Waals surface area contributed by atoms with Gasteiger partial charge in [0.1, 0.15) is 0 Å². The standard InChI is InChI=1S/C33H48N2P2/c36-21-31-26-13-22-12-23(14-26)18-32(31,17-22)29-15-25(24-6-2-1-3-7-24)16-30(29)33(37,27-8-4-10-34-19-27)28-9-5-11-35-20-28/h1-3,6,15-16,22-23,26-28,31,34-35H,4-5,7-14,17-21,36-37H2. The molecule has 7 atom stereocenters. The van der Waals surface area contributed by atoms with E-state index >= 15 is 0 Å². The first-order valence-electron chi connectivity index (χ1n) is 15.5. The molecule has 0 radical (unpaired) electrons. The van der Waals surface area contributed by atoms with E-state index in [0.29, 0.717) is 17.3 Å². The highest BCUT2D eigenvalue weighted by Gasteiger charge is 2.60. The first kappa shape index (κ1) is 25.4. The van der Waals surface area contributed by atoms with Crippen LogP contribution in [0.25, 0.3) is 0 Å². The summed E-state index contributed by atoms with van der Waals surface area (Å²) in [5.74, 6) is 5.11. The Hall–Kier alpha value is -0.520. The van der Waals surface area contributed by atoms with Crippen LogP contribution in [0.5, 0.6) is 0 Å². The number of hydrogen-bond acceptors (Lipinski definition) is 2. The van der Waals surface area contributed by atoms with Crippen LogP contribution in [0.4, 0.5) is 0 Å². The molecule has 37 heavy (non-hydrogen) atoms. The summed E-state index contributed by atoms with van der Waals surface area (Å²) in [6, 6.07) is 0. The zero-order chi connectivity index (χ0) is 25.0. The van der Waals surface area contributed by atoms with Crippen LogP contribution in [-0.2, 0) is 0 Å². The third-order valence-corrected chi connectivity index (χ3v) is 13.6. The Morgan fingerprint density at radius 2 is 1.62 bits per heavy atom. The number of hydrogen-bond donors (Lipinski definition) is 2. The first-order chi connectivity index (χ1) is 18.1. The van der Waals surface area contributed by atoms with E-state index in [2.05, 4.69) is 65.6 Å². The molecule has 4 bridgehead atoms. The molecule has 0 spiro atoms. The lowest BCUT2D eigenvalue weighted by atomic mass is 9.42. The molecule has 2 saturated heterocycles. The van der Waals surface area contributed by atoms with Crippen molar-refractivity contribution in [3.05, 3.63) is 58.7 Å². The lowest BCUT2D eigenvalue weighted by Crippen LogP contribution is -2.57. The van der Waals surface area contributed by atoms with Gasteiger partial charge in [-0.2, -0.15) is 0 Å². The predicted octanol–water partition coefficient (Wildman–Crippen LogP) is 6.60. The fourth-order valence-electron chi connectivity index (χ4n) is 10.5. The maximum Gasteiger partial charge on any atom is 0.0181 e. The number of rotatable bonds is 5. The average molecular weight is 535 g/mol. The van der Waals surface area contributed by atoms with Gasteiger partial charge in [-0.3, -0.25) is 0 Å². The lowest BCUT2D eigenvalue weighted by molar-refractivity contribution is -0.0771. The Morgan fingerprint density at radius 1 is 0.919 bits per heavy atom. The monoisotopic (exact) mass is 534 g/mol. The van der Waals surface area contributed by atoms with Crippen LogP contribution in [0.15, 0.2) is 58.7 Å². The van der Waals surface area contributed by atoms with Crippen molar-refractivity contribution < 1.29 is 0 Å². The molecular formula is C33H48N2P2. The van der Waals surface area contributed by atoms with Crippen molar-refractivity contribution in [2.75, 3.05) is 32.3 Å². The SMILES string of the molecule is PCC1C2CC3CC(C2)CC1(C1=CC(=C2C=CC=CC2)C=C1C(P)(C1CCCNC1)C1CCCNC1)C3. The second-order valence-electron chi connectivity index (χ2n) is 13.7. The molecule has 4 saturated carbocycles. The summed E-state index contributed by atoms with van der Waals surface area (Å²) >= 11 is 0. The highest BCUT2D eigenvalue weighted by atomic mass is 31.0. The molecule has 0 aromatic heterocycles. The molecule has 2 N–H and O–H groups in total. The lowest BCUT2D eigenvalue weighted by Gasteiger charge is -2.63. The maximum absolute atomic E-state index is 3.83. The van der Waals surface area contributed by atoms with Crippen molar-refractivity contribution >= 4 is 18.5 Å².